The maximum Gasteiger partial charge on any atom is 0.416 e. The summed E-state index contributed by atoms with van der Waals surface area (Å²) in [7, 11) is -1.18. The molecule has 0 aromatic heterocycles. The molecule has 1 aliphatic heterocycles. The quantitative estimate of drug-likeness (QED) is 0.352. The second-order valence-corrected chi connectivity index (χ2v) is 16.1. The van der Waals surface area contributed by atoms with Crippen LogP contribution in [0.5, 0.6) is 0 Å². The van der Waals surface area contributed by atoms with Crippen LogP contribution in [-0.4, -0.2) is 50.8 Å². The summed E-state index contributed by atoms with van der Waals surface area (Å²) in [6, 6.07) is 10.8. The zero-order valence-corrected chi connectivity index (χ0v) is 20.5. The summed E-state index contributed by atoms with van der Waals surface area (Å²) in [5.74, 6) is 0.171. The number of rotatable bonds is 10. The molecule has 0 bridgehead atoms. The van der Waals surface area contributed by atoms with Gasteiger partial charge < -0.3 is 9.47 Å². The first-order valence-corrected chi connectivity index (χ1v) is 15.7. The van der Waals surface area contributed by atoms with Gasteiger partial charge >= 0.3 is 6.09 Å². The van der Waals surface area contributed by atoms with Gasteiger partial charge in [-0.3, -0.25) is 4.79 Å². The van der Waals surface area contributed by atoms with E-state index in [0.29, 0.717) is 25.6 Å². The number of cyclic esters (lactones) is 1. The maximum atomic E-state index is 13.6. The minimum atomic E-state index is -1.18. The van der Waals surface area contributed by atoms with E-state index in [0.717, 1.165) is 18.0 Å². The molecule has 172 valence electrons. The van der Waals surface area contributed by atoms with Crippen LogP contribution < -0.4 is 0 Å². The summed E-state index contributed by atoms with van der Waals surface area (Å²) in [5, 5.41) is 0. The van der Waals surface area contributed by atoms with Crippen molar-refractivity contribution in [3.05, 3.63) is 35.9 Å². The number of imide groups is 1. The number of amides is 2. The molecular formula is C25H39NO4Si. The SMILES string of the molecule is C[Si](C)(C)CCOCC(CC1CCCCC1)C(=O)N1C(=O)OC[C@H]1Cc1ccccc1. The predicted molar refractivity (Wildman–Crippen MR) is 126 cm³/mol. The fraction of sp³-hybridized carbons (Fsp3) is 0.680. The molecule has 3 rings (SSSR count). The fourth-order valence-corrected chi connectivity index (χ4v) is 5.39. The third-order valence-electron chi connectivity index (χ3n) is 6.52. The number of carbonyl (C=O) groups excluding carboxylic acids is 2. The van der Waals surface area contributed by atoms with Crippen LogP contribution in [-0.2, 0) is 20.7 Å². The third-order valence-corrected chi connectivity index (χ3v) is 8.22. The summed E-state index contributed by atoms with van der Waals surface area (Å²) in [5.41, 5.74) is 1.11. The van der Waals surface area contributed by atoms with Crippen LogP contribution in [0, 0.1) is 11.8 Å². The lowest BCUT2D eigenvalue weighted by atomic mass is 9.82. The Bertz CT molecular complexity index is 712. The second-order valence-electron chi connectivity index (χ2n) is 10.5. The minimum Gasteiger partial charge on any atom is -0.447 e. The highest BCUT2D eigenvalue weighted by molar-refractivity contribution is 6.76. The molecule has 6 heteroatoms. The van der Waals surface area contributed by atoms with Crippen molar-refractivity contribution in [2.24, 2.45) is 11.8 Å². The standard InChI is InChI=1S/C25H39NO4Si/c1-31(2,3)15-14-29-18-22(16-20-10-6-4-7-11-20)24(27)26-23(19-30-25(26)28)17-21-12-8-5-9-13-21/h5,8-9,12-13,20,22-23H,4,6-7,10-11,14-19H2,1-3H3/t22?,23-/m1/s1. The van der Waals surface area contributed by atoms with Crippen LogP contribution in [0.4, 0.5) is 4.79 Å². The Balaban J connectivity index is 1.67. The van der Waals surface area contributed by atoms with Crippen LogP contribution in [0.3, 0.4) is 0 Å². The average Bonchev–Trinajstić information content (AvgIpc) is 3.10. The van der Waals surface area contributed by atoms with Crippen molar-refractivity contribution < 1.29 is 19.1 Å². The van der Waals surface area contributed by atoms with Crippen LogP contribution in [0.2, 0.25) is 25.7 Å². The van der Waals surface area contributed by atoms with Gasteiger partial charge in [-0.25, -0.2) is 9.69 Å². The molecule has 2 fully saturated rings. The fourth-order valence-electron chi connectivity index (χ4n) is 4.63. The van der Waals surface area contributed by atoms with E-state index in [4.69, 9.17) is 9.47 Å². The molecule has 0 spiro atoms. The average molecular weight is 446 g/mol. The van der Waals surface area contributed by atoms with Crippen molar-refractivity contribution >= 4 is 20.1 Å². The normalized spacial score (nSPS) is 21.2. The van der Waals surface area contributed by atoms with E-state index in [-0.39, 0.29) is 24.5 Å². The molecule has 0 N–H and O–H groups in total. The molecule has 1 aromatic rings. The van der Waals surface area contributed by atoms with Gasteiger partial charge in [0.25, 0.3) is 0 Å². The first kappa shape index (κ1) is 24.0. The van der Waals surface area contributed by atoms with Crippen molar-refractivity contribution in [1.29, 1.82) is 0 Å². The van der Waals surface area contributed by atoms with Gasteiger partial charge in [0.15, 0.2) is 0 Å². The van der Waals surface area contributed by atoms with E-state index in [1.165, 1.54) is 37.0 Å². The summed E-state index contributed by atoms with van der Waals surface area (Å²) < 4.78 is 11.3. The lowest BCUT2D eigenvalue weighted by Gasteiger charge is -2.29. The van der Waals surface area contributed by atoms with E-state index < -0.39 is 14.2 Å². The first-order chi connectivity index (χ1) is 14.8. The lowest BCUT2D eigenvalue weighted by Crippen LogP contribution is -2.45. The van der Waals surface area contributed by atoms with Crippen LogP contribution in [0.1, 0.15) is 44.1 Å². The molecule has 2 amide bonds. The topological polar surface area (TPSA) is 55.8 Å². The number of hydrogen-bond donors (Lipinski definition) is 0. The third kappa shape index (κ3) is 7.46. The van der Waals surface area contributed by atoms with Crippen molar-refractivity contribution in [2.75, 3.05) is 19.8 Å². The highest BCUT2D eigenvalue weighted by atomic mass is 28.3. The first-order valence-electron chi connectivity index (χ1n) is 11.9. The highest BCUT2D eigenvalue weighted by Gasteiger charge is 2.41. The smallest absolute Gasteiger partial charge is 0.416 e. The molecule has 1 saturated carbocycles. The Morgan fingerprint density at radius 2 is 1.87 bits per heavy atom. The molecule has 1 unspecified atom stereocenters. The molecule has 0 radical (unpaired) electrons. The van der Waals surface area contributed by atoms with E-state index in [1.54, 1.807) is 0 Å². The van der Waals surface area contributed by atoms with Gasteiger partial charge in [0.1, 0.15) is 6.61 Å². The molecule has 2 atom stereocenters. The van der Waals surface area contributed by atoms with Crippen molar-refractivity contribution in [3.63, 3.8) is 0 Å². The van der Waals surface area contributed by atoms with Gasteiger partial charge in [-0.2, -0.15) is 0 Å². The van der Waals surface area contributed by atoms with Gasteiger partial charge in [-0.15, -0.1) is 0 Å². The summed E-state index contributed by atoms with van der Waals surface area (Å²) in [4.78, 5) is 27.5. The van der Waals surface area contributed by atoms with Gasteiger partial charge in [-0.1, -0.05) is 82.1 Å². The number of hydrogen-bond acceptors (Lipinski definition) is 4. The van der Waals surface area contributed by atoms with Gasteiger partial charge in [-0.05, 0) is 30.4 Å². The maximum absolute atomic E-state index is 13.6. The predicted octanol–water partition coefficient (Wildman–Crippen LogP) is 5.52. The van der Waals surface area contributed by atoms with Gasteiger partial charge in [0.05, 0.1) is 18.6 Å². The molecule has 5 nitrogen and oxygen atoms in total. The highest BCUT2D eigenvalue weighted by Crippen LogP contribution is 2.31. The van der Waals surface area contributed by atoms with Crippen molar-refractivity contribution in [2.45, 2.75) is 76.7 Å². The largest absolute Gasteiger partial charge is 0.447 e. The summed E-state index contributed by atoms with van der Waals surface area (Å²) in [6.07, 6.45) is 7.07. The Hall–Kier alpha value is -1.66. The minimum absolute atomic E-state index is 0.109. The molecule has 1 aromatic carbocycles. The zero-order chi connectivity index (χ0) is 22.3. The molecule has 1 heterocycles. The molecule has 31 heavy (non-hydrogen) atoms. The van der Waals surface area contributed by atoms with E-state index in [2.05, 4.69) is 19.6 Å². The van der Waals surface area contributed by atoms with Crippen LogP contribution >= 0.6 is 0 Å². The summed E-state index contributed by atoms with van der Waals surface area (Å²) in [6.45, 7) is 8.36. The van der Waals surface area contributed by atoms with E-state index in [9.17, 15) is 9.59 Å². The van der Waals surface area contributed by atoms with E-state index >= 15 is 0 Å². The molecule has 1 aliphatic carbocycles. The lowest BCUT2D eigenvalue weighted by molar-refractivity contribution is -0.136. The Morgan fingerprint density at radius 1 is 1.16 bits per heavy atom. The number of benzene rings is 1. The Kier molecular flexibility index (Phi) is 8.73. The number of nitrogens with zero attached hydrogens (tertiary/aromatic N) is 1. The van der Waals surface area contributed by atoms with Gasteiger partial charge in [0.2, 0.25) is 5.91 Å². The summed E-state index contributed by atoms with van der Waals surface area (Å²) >= 11 is 0. The number of ether oxygens (including phenoxy) is 2. The molecule has 1 saturated heterocycles. The van der Waals surface area contributed by atoms with Crippen molar-refractivity contribution in [3.8, 4) is 0 Å². The Morgan fingerprint density at radius 3 is 2.55 bits per heavy atom. The van der Waals surface area contributed by atoms with Crippen LogP contribution in [0.15, 0.2) is 30.3 Å². The number of carbonyl (C=O) groups is 2. The van der Waals surface area contributed by atoms with Crippen molar-refractivity contribution in [1.82, 2.24) is 4.90 Å². The van der Waals surface area contributed by atoms with E-state index in [1.807, 2.05) is 30.3 Å². The van der Waals surface area contributed by atoms with Gasteiger partial charge in [0, 0.05) is 14.7 Å². The molecular weight excluding hydrogens is 406 g/mol. The Labute approximate surface area is 188 Å². The zero-order valence-electron chi connectivity index (χ0n) is 19.5. The second kappa shape index (κ2) is 11.3. The monoisotopic (exact) mass is 445 g/mol. The van der Waals surface area contributed by atoms with Crippen LogP contribution in [0.25, 0.3) is 0 Å². The molecule has 2 aliphatic rings.